The summed E-state index contributed by atoms with van der Waals surface area (Å²) in [5.74, 6) is -0.267. The number of nitrogens with zero attached hydrogens (tertiary/aromatic N) is 2. The minimum absolute atomic E-state index is 0.267. The van der Waals surface area contributed by atoms with Gasteiger partial charge in [-0.3, -0.25) is 9.48 Å². The summed E-state index contributed by atoms with van der Waals surface area (Å²) < 4.78 is 6.73. The molecule has 2 rings (SSSR count). The number of methoxy groups -OCH3 is 1. The third kappa shape index (κ3) is 3.82. The van der Waals surface area contributed by atoms with Crippen LogP contribution < -0.4 is 11.1 Å². The maximum absolute atomic E-state index is 12.1. The number of aryl methyl sites for hydroxylation is 1. The third-order valence-electron chi connectivity index (χ3n) is 3.08. The van der Waals surface area contributed by atoms with Crippen LogP contribution in [0.15, 0.2) is 30.5 Å². The summed E-state index contributed by atoms with van der Waals surface area (Å²) in [6.45, 7) is 3.59. The molecule has 0 aliphatic carbocycles. The van der Waals surface area contributed by atoms with Crippen LogP contribution in [-0.4, -0.2) is 22.8 Å². The molecule has 1 amide bonds. The zero-order valence-electron chi connectivity index (χ0n) is 12.3. The zero-order valence-corrected chi connectivity index (χ0v) is 12.3. The number of rotatable bonds is 6. The number of nitrogens with one attached hydrogen (secondary N) is 1. The Hall–Kier alpha value is -2.34. The Morgan fingerprint density at radius 2 is 2.19 bits per heavy atom. The average molecular weight is 288 g/mol. The van der Waals surface area contributed by atoms with E-state index in [9.17, 15) is 4.79 Å². The topological polar surface area (TPSA) is 82.2 Å². The van der Waals surface area contributed by atoms with Gasteiger partial charge in [-0.1, -0.05) is 24.3 Å². The van der Waals surface area contributed by atoms with Crippen LogP contribution in [0.4, 0.5) is 5.69 Å². The van der Waals surface area contributed by atoms with Gasteiger partial charge in [0.05, 0.1) is 12.3 Å². The largest absolute Gasteiger partial charge is 0.396 e. The van der Waals surface area contributed by atoms with E-state index in [4.69, 9.17) is 10.5 Å². The van der Waals surface area contributed by atoms with Gasteiger partial charge in [0.2, 0.25) is 0 Å². The van der Waals surface area contributed by atoms with Gasteiger partial charge in [-0.05, 0) is 18.1 Å². The van der Waals surface area contributed by atoms with Crippen molar-refractivity contribution in [2.24, 2.45) is 0 Å². The summed E-state index contributed by atoms with van der Waals surface area (Å²) in [5, 5.41) is 6.97. The van der Waals surface area contributed by atoms with Crippen molar-refractivity contribution in [3.8, 4) is 0 Å². The molecule has 0 aliphatic rings. The quantitative estimate of drug-likeness (QED) is 0.845. The highest BCUT2D eigenvalue weighted by molar-refractivity contribution is 5.96. The number of hydrogen-bond donors (Lipinski definition) is 2. The van der Waals surface area contributed by atoms with Crippen LogP contribution in [0.5, 0.6) is 0 Å². The first-order chi connectivity index (χ1) is 10.1. The number of carbonyl (C=O) groups is 1. The smallest absolute Gasteiger partial charge is 0.274 e. The molecule has 3 N–H and O–H groups in total. The normalized spacial score (nSPS) is 10.6. The Labute approximate surface area is 123 Å². The third-order valence-corrected chi connectivity index (χ3v) is 3.08. The number of amides is 1. The summed E-state index contributed by atoms with van der Waals surface area (Å²) in [6, 6.07) is 7.87. The molecule has 2 aromatic rings. The van der Waals surface area contributed by atoms with E-state index >= 15 is 0 Å². The molecule has 112 valence electrons. The van der Waals surface area contributed by atoms with Crippen LogP contribution in [0.25, 0.3) is 0 Å². The SMILES string of the molecule is CCn1cc(N)c(C(=O)NCc2cccc(COC)c2)n1. The Morgan fingerprint density at radius 3 is 2.86 bits per heavy atom. The van der Waals surface area contributed by atoms with Crippen molar-refractivity contribution < 1.29 is 9.53 Å². The fourth-order valence-corrected chi connectivity index (χ4v) is 2.04. The van der Waals surface area contributed by atoms with Crippen molar-refractivity contribution in [2.75, 3.05) is 12.8 Å². The summed E-state index contributed by atoms with van der Waals surface area (Å²) in [4.78, 5) is 12.1. The van der Waals surface area contributed by atoms with E-state index < -0.39 is 0 Å². The number of ether oxygens (including phenoxy) is 1. The van der Waals surface area contributed by atoms with Gasteiger partial charge in [0.15, 0.2) is 5.69 Å². The van der Waals surface area contributed by atoms with Gasteiger partial charge in [-0.15, -0.1) is 0 Å². The van der Waals surface area contributed by atoms with E-state index in [0.29, 0.717) is 25.4 Å². The van der Waals surface area contributed by atoms with Crippen LogP contribution >= 0.6 is 0 Å². The first kappa shape index (κ1) is 15.1. The van der Waals surface area contributed by atoms with Gasteiger partial charge in [0.1, 0.15) is 0 Å². The molecular weight excluding hydrogens is 268 g/mol. The molecule has 1 aromatic heterocycles. The minimum atomic E-state index is -0.267. The highest BCUT2D eigenvalue weighted by atomic mass is 16.5. The van der Waals surface area contributed by atoms with Crippen LogP contribution in [0, 0.1) is 0 Å². The fraction of sp³-hybridized carbons (Fsp3) is 0.333. The second-order valence-corrected chi connectivity index (χ2v) is 4.72. The van der Waals surface area contributed by atoms with Crippen molar-refractivity contribution in [1.29, 1.82) is 0 Å². The first-order valence-corrected chi connectivity index (χ1v) is 6.82. The van der Waals surface area contributed by atoms with Gasteiger partial charge < -0.3 is 15.8 Å². The number of benzene rings is 1. The molecule has 0 atom stereocenters. The van der Waals surface area contributed by atoms with E-state index in [0.717, 1.165) is 11.1 Å². The van der Waals surface area contributed by atoms with Gasteiger partial charge in [0, 0.05) is 26.4 Å². The van der Waals surface area contributed by atoms with E-state index in [1.54, 1.807) is 18.0 Å². The van der Waals surface area contributed by atoms with Crippen LogP contribution in [0.2, 0.25) is 0 Å². The molecule has 0 saturated heterocycles. The lowest BCUT2D eigenvalue weighted by Crippen LogP contribution is -2.24. The first-order valence-electron chi connectivity index (χ1n) is 6.82. The Bertz CT molecular complexity index is 622. The number of aromatic nitrogens is 2. The highest BCUT2D eigenvalue weighted by Crippen LogP contribution is 2.10. The molecule has 0 aliphatic heterocycles. The second kappa shape index (κ2) is 6.90. The Kier molecular flexibility index (Phi) is 4.94. The number of carbonyl (C=O) groups excluding carboxylic acids is 1. The van der Waals surface area contributed by atoms with Gasteiger partial charge in [0.25, 0.3) is 5.91 Å². The maximum atomic E-state index is 12.1. The maximum Gasteiger partial charge on any atom is 0.274 e. The lowest BCUT2D eigenvalue weighted by Gasteiger charge is -2.06. The van der Waals surface area contributed by atoms with Crippen LogP contribution in [0.1, 0.15) is 28.5 Å². The van der Waals surface area contributed by atoms with E-state index in [1.165, 1.54) is 0 Å². The molecule has 6 nitrogen and oxygen atoms in total. The molecule has 0 radical (unpaired) electrons. The molecule has 0 fully saturated rings. The second-order valence-electron chi connectivity index (χ2n) is 4.72. The van der Waals surface area contributed by atoms with Crippen molar-refractivity contribution in [3.63, 3.8) is 0 Å². The molecule has 0 bridgehead atoms. The number of anilines is 1. The summed E-state index contributed by atoms with van der Waals surface area (Å²) in [6.07, 6.45) is 1.66. The predicted octanol–water partition coefficient (Wildman–Crippen LogP) is 1.56. The van der Waals surface area contributed by atoms with E-state index in [-0.39, 0.29) is 11.6 Å². The number of hydrogen-bond acceptors (Lipinski definition) is 4. The summed E-state index contributed by atoms with van der Waals surface area (Å²) >= 11 is 0. The molecule has 0 unspecified atom stereocenters. The zero-order chi connectivity index (χ0) is 15.2. The minimum Gasteiger partial charge on any atom is -0.396 e. The highest BCUT2D eigenvalue weighted by Gasteiger charge is 2.14. The number of nitrogens with two attached hydrogens (primary N) is 1. The molecular formula is C15H20N4O2. The van der Waals surface area contributed by atoms with Gasteiger partial charge in [-0.2, -0.15) is 5.10 Å². The molecule has 1 aromatic carbocycles. The van der Waals surface area contributed by atoms with Crippen molar-refractivity contribution in [2.45, 2.75) is 26.6 Å². The van der Waals surface area contributed by atoms with E-state index in [2.05, 4.69) is 10.4 Å². The standard InChI is InChI=1S/C15H20N4O2/c1-3-19-9-13(16)14(18-19)15(20)17-8-11-5-4-6-12(7-11)10-21-2/h4-7,9H,3,8,10,16H2,1-2H3,(H,17,20). The predicted molar refractivity (Wildman–Crippen MR) is 80.6 cm³/mol. The molecule has 1 heterocycles. The van der Waals surface area contributed by atoms with Gasteiger partial charge >= 0.3 is 0 Å². The molecule has 21 heavy (non-hydrogen) atoms. The van der Waals surface area contributed by atoms with Crippen molar-refractivity contribution in [3.05, 3.63) is 47.3 Å². The molecule has 0 spiro atoms. The van der Waals surface area contributed by atoms with Crippen LogP contribution in [0.3, 0.4) is 0 Å². The molecule has 0 saturated carbocycles. The van der Waals surface area contributed by atoms with Crippen LogP contribution in [-0.2, 0) is 24.4 Å². The fourth-order valence-electron chi connectivity index (χ4n) is 2.04. The average Bonchev–Trinajstić information content (AvgIpc) is 2.87. The van der Waals surface area contributed by atoms with Crippen molar-refractivity contribution >= 4 is 11.6 Å². The van der Waals surface area contributed by atoms with Crippen molar-refractivity contribution in [1.82, 2.24) is 15.1 Å². The summed E-state index contributed by atoms with van der Waals surface area (Å²) in [7, 11) is 1.65. The number of nitrogen functional groups attached to an aromatic ring is 1. The Balaban J connectivity index is 2.00. The lowest BCUT2D eigenvalue weighted by atomic mass is 10.1. The molecule has 6 heteroatoms. The lowest BCUT2D eigenvalue weighted by molar-refractivity contribution is 0.0946. The van der Waals surface area contributed by atoms with Gasteiger partial charge in [-0.25, -0.2) is 0 Å². The summed E-state index contributed by atoms with van der Waals surface area (Å²) in [5.41, 5.74) is 8.52. The van der Waals surface area contributed by atoms with E-state index in [1.807, 2.05) is 31.2 Å². The Morgan fingerprint density at radius 1 is 1.43 bits per heavy atom. The monoisotopic (exact) mass is 288 g/mol.